The highest BCUT2D eigenvalue weighted by molar-refractivity contribution is 5.70. The van der Waals surface area contributed by atoms with Gasteiger partial charge in [-0.2, -0.15) is 0 Å². The third-order valence-electron chi connectivity index (χ3n) is 3.60. The summed E-state index contributed by atoms with van der Waals surface area (Å²) in [5.74, 6) is -0.336. The van der Waals surface area contributed by atoms with Crippen LogP contribution in [0.5, 0.6) is 0 Å². The predicted octanol–water partition coefficient (Wildman–Crippen LogP) is 2.60. The number of carbonyl (C=O) groups is 2. The zero-order valence-electron chi connectivity index (χ0n) is 14.4. The van der Waals surface area contributed by atoms with E-state index < -0.39 is 5.60 Å². The van der Waals surface area contributed by atoms with Gasteiger partial charge < -0.3 is 19.1 Å². The Balaban J connectivity index is 2.34. The van der Waals surface area contributed by atoms with Crippen LogP contribution in [0.2, 0.25) is 0 Å². The summed E-state index contributed by atoms with van der Waals surface area (Å²) in [6.45, 7) is 11.6. The lowest BCUT2D eigenvalue weighted by Crippen LogP contribution is -2.45. The first kappa shape index (κ1) is 18.7. The molecule has 6 nitrogen and oxygen atoms in total. The van der Waals surface area contributed by atoms with Gasteiger partial charge in [0.2, 0.25) is 0 Å². The Bertz CT molecular complexity index is 380. The Morgan fingerprint density at radius 1 is 1.18 bits per heavy atom. The molecule has 1 aliphatic rings. The summed E-state index contributed by atoms with van der Waals surface area (Å²) in [6, 6.07) is 0. The van der Waals surface area contributed by atoms with Crippen molar-refractivity contribution >= 4 is 12.1 Å². The van der Waals surface area contributed by atoms with E-state index in [1.165, 1.54) is 0 Å². The zero-order valence-corrected chi connectivity index (χ0v) is 14.4. The van der Waals surface area contributed by atoms with Gasteiger partial charge in [0.05, 0.1) is 13.2 Å². The molecule has 0 N–H and O–H groups in total. The Kier molecular flexibility index (Phi) is 6.66. The SMILES string of the molecule is CCOC(=O)COCC1(C)CCN(C(=O)OC(C)(C)C)CC1. The second-order valence-electron chi connectivity index (χ2n) is 7.08. The molecule has 0 aromatic heterocycles. The van der Waals surface area contributed by atoms with Gasteiger partial charge in [0.15, 0.2) is 0 Å². The highest BCUT2D eigenvalue weighted by atomic mass is 16.6. The van der Waals surface area contributed by atoms with Crippen LogP contribution in [0.25, 0.3) is 0 Å². The maximum Gasteiger partial charge on any atom is 0.410 e. The predicted molar refractivity (Wildman–Crippen MR) is 82.6 cm³/mol. The molecule has 0 aromatic rings. The number of piperidine rings is 1. The molecule has 22 heavy (non-hydrogen) atoms. The molecule has 0 unspecified atom stereocenters. The van der Waals surface area contributed by atoms with Gasteiger partial charge >= 0.3 is 12.1 Å². The molecule has 1 saturated heterocycles. The first-order chi connectivity index (χ1) is 10.2. The molecule has 1 aliphatic heterocycles. The summed E-state index contributed by atoms with van der Waals surface area (Å²) in [4.78, 5) is 25.0. The second kappa shape index (κ2) is 7.81. The highest BCUT2D eigenvalue weighted by Crippen LogP contribution is 2.31. The maximum atomic E-state index is 12.0. The molecule has 0 spiro atoms. The van der Waals surface area contributed by atoms with Crippen LogP contribution < -0.4 is 0 Å². The van der Waals surface area contributed by atoms with Gasteiger partial charge in [0.25, 0.3) is 0 Å². The number of amides is 1. The van der Waals surface area contributed by atoms with E-state index in [1.807, 2.05) is 20.8 Å². The van der Waals surface area contributed by atoms with Gasteiger partial charge in [-0.25, -0.2) is 9.59 Å². The van der Waals surface area contributed by atoms with Crippen molar-refractivity contribution in [1.29, 1.82) is 0 Å². The molecule has 0 bridgehead atoms. The number of likely N-dealkylation sites (tertiary alicyclic amines) is 1. The van der Waals surface area contributed by atoms with Crippen molar-refractivity contribution in [3.05, 3.63) is 0 Å². The van der Waals surface area contributed by atoms with Crippen molar-refractivity contribution < 1.29 is 23.8 Å². The fourth-order valence-electron chi connectivity index (χ4n) is 2.28. The lowest BCUT2D eigenvalue weighted by atomic mass is 9.81. The van der Waals surface area contributed by atoms with Gasteiger partial charge in [-0.1, -0.05) is 6.92 Å². The minimum Gasteiger partial charge on any atom is -0.464 e. The van der Waals surface area contributed by atoms with Crippen LogP contribution >= 0.6 is 0 Å². The van der Waals surface area contributed by atoms with Crippen LogP contribution in [0.4, 0.5) is 4.79 Å². The van der Waals surface area contributed by atoms with Gasteiger partial charge in [-0.05, 0) is 46.0 Å². The lowest BCUT2D eigenvalue weighted by molar-refractivity contribution is -0.149. The Morgan fingerprint density at radius 2 is 1.77 bits per heavy atom. The number of esters is 1. The number of nitrogens with zero attached hydrogens (tertiary/aromatic N) is 1. The third kappa shape index (κ3) is 6.64. The van der Waals surface area contributed by atoms with E-state index >= 15 is 0 Å². The van der Waals surface area contributed by atoms with Crippen molar-refractivity contribution in [2.24, 2.45) is 5.41 Å². The monoisotopic (exact) mass is 315 g/mol. The fraction of sp³-hybridized carbons (Fsp3) is 0.875. The van der Waals surface area contributed by atoms with E-state index in [0.29, 0.717) is 26.3 Å². The number of rotatable bonds is 5. The number of hydrogen-bond donors (Lipinski definition) is 0. The highest BCUT2D eigenvalue weighted by Gasteiger charge is 2.34. The molecule has 1 amide bonds. The topological polar surface area (TPSA) is 65.1 Å². The average Bonchev–Trinajstić information content (AvgIpc) is 2.37. The molecule has 0 aromatic carbocycles. The smallest absolute Gasteiger partial charge is 0.410 e. The van der Waals surface area contributed by atoms with Crippen LogP contribution in [0.3, 0.4) is 0 Å². The zero-order chi connectivity index (χ0) is 16.8. The normalized spacial score (nSPS) is 18.0. The molecule has 0 atom stereocenters. The standard InChI is InChI=1S/C16H29NO5/c1-6-21-13(18)11-20-12-16(5)7-9-17(10-8-16)14(19)22-15(2,3)4/h6-12H2,1-5H3. The number of hydrogen-bond acceptors (Lipinski definition) is 5. The molecule has 0 aliphatic carbocycles. The minimum atomic E-state index is -0.472. The van der Waals surface area contributed by atoms with E-state index in [4.69, 9.17) is 14.2 Å². The van der Waals surface area contributed by atoms with Crippen LogP contribution in [0.15, 0.2) is 0 Å². The molecular formula is C16H29NO5. The Hall–Kier alpha value is -1.30. The molecule has 0 saturated carbocycles. The van der Waals surface area contributed by atoms with Crippen molar-refractivity contribution in [2.45, 2.75) is 53.1 Å². The molecule has 128 valence electrons. The molecule has 1 heterocycles. The quantitative estimate of drug-likeness (QED) is 0.730. The Labute approximate surface area is 133 Å². The fourth-order valence-corrected chi connectivity index (χ4v) is 2.28. The number of ether oxygens (including phenoxy) is 3. The van der Waals surface area contributed by atoms with E-state index in [-0.39, 0.29) is 24.1 Å². The van der Waals surface area contributed by atoms with E-state index in [0.717, 1.165) is 12.8 Å². The van der Waals surface area contributed by atoms with Crippen molar-refractivity contribution in [3.63, 3.8) is 0 Å². The first-order valence-corrected chi connectivity index (χ1v) is 7.86. The summed E-state index contributed by atoms with van der Waals surface area (Å²) in [7, 11) is 0. The van der Waals surface area contributed by atoms with Crippen molar-refractivity contribution in [3.8, 4) is 0 Å². The van der Waals surface area contributed by atoms with Gasteiger partial charge in [0.1, 0.15) is 12.2 Å². The van der Waals surface area contributed by atoms with E-state index in [1.54, 1.807) is 11.8 Å². The van der Waals surface area contributed by atoms with Gasteiger partial charge in [-0.3, -0.25) is 0 Å². The van der Waals surface area contributed by atoms with Gasteiger partial charge in [-0.15, -0.1) is 0 Å². The minimum absolute atomic E-state index is 0.0147. The Morgan fingerprint density at radius 3 is 2.27 bits per heavy atom. The van der Waals surface area contributed by atoms with E-state index in [9.17, 15) is 9.59 Å². The molecule has 1 fully saturated rings. The summed E-state index contributed by atoms with van der Waals surface area (Å²) in [6.07, 6.45) is 1.39. The lowest BCUT2D eigenvalue weighted by Gasteiger charge is -2.39. The second-order valence-corrected chi connectivity index (χ2v) is 7.08. The van der Waals surface area contributed by atoms with Crippen molar-refractivity contribution in [2.75, 3.05) is 32.9 Å². The molecule has 1 rings (SSSR count). The first-order valence-electron chi connectivity index (χ1n) is 7.86. The number of carbonyl (C=O) groups excluding carboxylic acids is 2. The summed E-state index contributed by atoms with van der Waals surface area (Å²) >= 11 is 0. The summed E-state index contributed by atoms with van der Waals surface area (Å²) in [5.41, 5.74) is -0.494. The third-order valence-corrected chi connectivity index (χ3v) is 3.60. The average molecular weight is 315 g/mol. The van der Waals surface area contributed by atoms with Crippen LogP contribution in [-0.2, 0) is 19.0 Å². The summed E-state index contributed by atoms with van der Waals surface area (Å²) in [5, 5.41) is 0. The van der Waals surface area contributed by atoms with Crippen LogP contribution in [0.1, 0.15) is 47.5 Å². The maximum absolute atomic E-state index is 12.0. The summed E-state index contributed by atoms with van der Waals surface area (Å²) < 4.78 is 15.7. The largest absolute Gasteiger partial charge is 0.464 e. The van der Waals surface area contributed by atoms with Crippen LogP contribution in [-0.4, -0.2) is 55.5 Å². The van der Waals surface area contributed by atoms with Crippen LogP contribution in [0, 0.1) is 5.41 Å². The molecule has 6 heteroatoms. The van der Waals surface area contributed by atoms with Crippen molar-refractivity contribution in [1.82, 2.24) is 4.90 Å². The van der Waals surface area contributed by atoms with Gasteiger partial charge in [0, 0.05) is 13.1 Å². The molecular weight excluding hydrogens is 286 g/mol. The van der Waals surface area contributed by atoms with E-state index in [2.05, 4.69) is 6.92 Å². The molecule has 0 radical (unpaired) electrons.